The highest BCUT2D eigenvalue weighted by molar-refractivity contribution is 5.76. The molecule has 0 bridgehead atoms. The normalized spacial score (nSPS) is 11.9. The van der Waals surface area contributed by atoms with Gasteiger partial charge in [-0.15, -0.1) is 0 Å². The Hall–Kier alpha value is -3.27. The molecule has 0 aliphatic rings. The van der Waals surface area contributed by atoms with Crippen molar-refractivity contribution in [1.82, 2.24) is 20.8 Å². The van der Waals surface area contributed by atoms with Crippen LogP contribution in [0.15, 0.2) is 34.9 Å². The van der Waals surface area contributed by atoms with Crippen LogP contribution in [0.5, 0.6) is 5.75 Å². The molecule has 0 radical (unpaired) electrons. The first-order valence-corrected chi connectivity index (χ1v) is 12.9. The summed E-state index contributed by atoms with van der Waals surface area (Å²) >= 11 is 0. The quantitative estimate of drug-likeness (QED) is 0.243. The van der Waals surface area contributed by atoms with Gasteiger partial charge in [-0.1, -0.05) is 32.0 Å². The van der Waals surface area contributed by atoms with Gasteiger partial charge in [0.15, 0.2) is 0 Å². The second-order valence-corrected chi connectivity index (χ2v) is 9.05. The van der Waals surface area contributed by atoms with Gasteiger partial charge in [0.25, 0.3) is 5.89 Å². The van der Waals surface area contributed by atoms with Gasteiger partial charge in [-0.05, 0) is 79.3 Å². The molecule has 37 heavy (non-hydrogen) atoms. The number of amides is 1. The topological polar surface area (TPSA) is 130 Å². The molecule has 0 aliphatic carbocycles. The van der Waals surface area contributed by atoms with Crippen LogP contribution in [0, 0.1) is 6.92 Å². The molecule has 0 fully saturated rings. The average Bonchev–Trinajstić information content (AvgIpc) is 3.41. The van der Waals surface area contributed by atoms with E-state index in [4.69, 9.17) is 19.4 Å². The lowest BCUT2D eigenvalue weighted by molar-refractivity contribution is -0.124. The van der Waals surface area contributed by atoms with E-state index in [1.807, 2.05) is 26.0 Å². The van der Waals surface area contributed by atoms with Crippen molar-refractivity contribution in [2.45, 2.75) is 59.6 Å². The Morgan fingerprint density at radius 3 is 2.57 bits per heavy atom. The van der Waals surface area contributed by atoms with Crippen molar-refractivity contribution >= 4 is 5.91 Å². The van der Waals surface area contributed by atoms with Gasteiger partial charge in [-0.25, -0.2) is 0 Å². The molecule has 0 spiro atoms. The molecule has 1 aromatic heterocycles. The summed E-state index contributed by atoms with van der Waals surface area (Å²) in [6.07, 6.45) is 1.80. The molecule has 3 aromatic rings. The molecule has 1 atom stereocenters. The Morgan fingerprint density at radius 2 is 1.86 bits per heavy atom. The third-order valence-corrected chi connectivity index (χ3v) is 5.98. The summed E-state index contributed by atoms with van der Waals surface area (Å²) in [5.74, 6) is 1.12. The van der Waals surface area contributed by atoms with Crippen molar-refractivity contribution in [2.75, 3.05) is 26.3 Å². The van der Waals surface area contributed by atoms with Gasteiger partial charge < -0.3 is 30.1 Å². The fraction of sp³-hybridized carbons (Fsp3) is 0.464. The van der Waals surface area contributed by atoms with E-state index in [1.54, 1.807) is 0 Å². The highest BCUT2D eigenvalue weighted by Crippen LogP contribution is 2.31. The van der Waals surface area contributed by atoms with Crippen LogP contribution in [0.25, 0.3) is 22.8 Å². The van der Waals surface area contributed by atoms with Crippen molar-refractivity contribution in [2.24, 2.45) is 0 Å². The monoisotopic (exact) mass is 510 g/mol. The number of rotatable bonds is 14. The zero-order chi connectivity index (χ0) is 26.8. The van der Waals surface area contributed by atoms with E-state index < -0.39 is 18.6 Å². The van der Waals surface area contributed by atoms with Crippen LogP contribution in [0.2, 0.25) is 0 Å². The van der Waals surface area contributed by atoms with E-state index in [0.717, 1.165) is 48.2 Å². The number of aliphatic hydroxyl groups is 2. The number of nitrogens with one attached hydrogen (secondary N) is 2. The summed E-state index contributed by atoms with van der Waals surface area (Å²) in [6, 6.07) is 10.3. The molecule has 2 aromatic carbocycles. The third kappa shape index (κ3) is 7.85. The molecular formula is C28H38N4O5. The minimum atomic E-state index is -0.903. The largest absolute Gasteiger partial charge is 0.490 e. The first-order chi connectivity index (χ1) is 17.9. The van der Waals surface area contributed by atoms with Crippen LogP contribution in [0.1, 0.15) is 49.4 Å². The van der Waals surface area contributed by atoms with Crippen LogP contribution >= 0.6 is 0 Å². The van der Waals surface area contributed by atoms with Crippen LogP contribution in [0.3, 0.4) is 0 Å². The van der Waals surface area contributed by atoms with Gasteiger partial charge in [0.2, 0.25) is 11.7 Å². The number of aromatic nitrogens is 2. The first kappa shape index (κ1) is 28.3. The number of hydrogen-bond donors (Lipinski definition) is 4. The minimum absolute atomic E-state index is 0.000763. The molecule has 3 rings (SSSR count). The lowest BCUT2D eigenvalue weighted by atomic mass is 10.0. The summed E-state index contributed by atoms with van der Waals surface area (Å²) in [5, 5.41) is 29.0. The number of ether oxygens (including phenoxy) is 1. The first-order valence-electron chi connectivity index (χ1n) is 12.9. The molecule has 200 valence electrons. The molecule has 1 amide bonds. The van der Waals surface area contributed by atoms with Crippen LogP contribution < -0.4 is 15.4 Å². The average molecular weight is 511 g/mol. The number of benzene rings is 2. The Labute approximate surface area is 218 Å². The number of nitrogens with zero attached hydrogens (tertiary/aromatic N) is 2. The van der Waals surface area contributed by atoms with E-state index >= 15 is 0 Å². The maximum absolute atomic E-state index is 11.2. The molecule has 1 heterocycles. The van der Waals surface area contributed by atoms with E-state index in [1.165, 1.54) is 11.1 Å². The van der Waals surface area contributed by atoms with Crippen molar-refractivity contribution in [1.29, 1.82) is 0 Å². The van der Waals surface area contributed by atoms with E-state index in [0.29, 0.717) is 23.9 Å². The maximum atomic E-state index is 11.2. The fourth-order valence-corrected chi connectivity index (χ4v) is 4.03. The standard InChI is InChI=1S/C28H38N4O5/c1-5-8-29-14-20-10-19(6-2)11-23(12-20)28-31-27(32-37-28)22-9-18(4)26(21(7-3)13-22)36-17-24(34)15-30-25(35)16-33/h9-13,24,29,33-34H,5-8,14-17H2,1-4H3,(H,30,35)/t24-/m0/s1. The van der Waals surface area contributed by atoms with E-state index in [9.17, 15) is 9.90 Å². The summed E-state index contributed by atoms with van der Waals surface area (Å²) in [4.78, 5) is 15.9. The Kier molecular flexibility index (Phi) is 10.6. The summed E-state index contributed by atoms with van der Waals surface area (Å²) in [5.41, 5.74) is 5.96. The summed E-state index contributed by atoms with van der Waals surface area (Å²) in [7, 11) is 0. The second kappa shape index (κ2) is 13.9. The predicted molar refractivity (Wildman–Crippen MR) is 142 cm³/mol. The lowest BCUT2D eigenvalue weighted by Gasteiger charge is -2.17. The minimum Gasteiger partial charge on any atom is -0.490 e. The number of carbonyl (C=O) groups excluding carboxylic acids is 1. The second-order valence-electron chi connectivity index (χ2n) is 9.05. The number of aliphatic hydroxyl groups excluding tert-OH is 2. The van der Waals surface area contributed by atoms with Gasteiger partial charge in [0.1, 0.15) is 25.1 Å². The molecule has 9 nitrogen and oxygen atoms in total. The van der Waals surface area contributed by atoms with Crippen LogP contribution in [0.4, 0.5) is 0 Å². The van der Waals surface area contributed by atoms with Crippen molar-refractivity contribution in [3.8, 4) is 28.6 Å². The van der Waals surface area contributed by atoms with Gasteiger partial charge in [-0.3, -0.25) is 4.79 Å². The van der Waals surface area contributed by atoms with Gasteiger partial charge in [-0.2, -0.15) is 4.98 Å². The molecule has 0 unspecified atom stereocenters. The number of hydrogen-bond acceptors (Lipinski definition) is 8. The maximum Gasteiger partial charge on any atom is 0.258 e. The zero-order valence-corrected chi connectivity index (χ0v) is 22.1. The Morgan fingerprint density at radius 1 is 1.08 bits per heavy atom. The third-order valence-electron chi connectivity index (χ3n) is 5.98. The lowest BCUT2D eigenvalue weighted by Crippen LogP contribution is -2.36. The molecule has 0 aliphatic heterocycles. The molecular weight excluding hydrogens is 472 g/mol. The fourth-order valence-electron chi connectivity index (χ4n) is 4.03. The SMILES string of the molecule is CCCNCc1cc(CC)cc(-c2nc(-c3cc(C)c(OC[C@@H](O)CNC(=O)CO)c(CC)c3)no2)c1. The highest BCUT2D eigenvalue weighted by atomic mass is 16.5. The summed E-state index contributed by atoms with van der Waals surface area (Å²) in [6.45, 7) is 9.38. The summed E-state index contributed by atoms with van der Waals surface area (Å²) < 4.78 is 11.6. The highest BCUT2D eigenvalue weighted by Gasteiger charge is 2.17. The van der Waals surface area contributed by atoms with Crippen LogP contribution in [-0.4, -0.2) is 58.7 Å². The molecule has 0 saturated heterocycles. The molecule has 4 N–H and O–H groups in total. The number of aryl methyl sites for hydroxylation is 3. The zero-order valence-electron chi connectivity index (χ0n) is 22.1. The van der Waals surface area contributed by atoms with Gasteiger partial charge in [0.05, 0.1) is 0 Å². The molecule has 9 heteroatoms. The Balaban J connectivity index is 1.78. The smallest absolute Gasteiger partial charge is 0.258 e. The van der Waals surface area contributed by atoms with E-state index in [-0.39, 0.29) is 13.2 Å². The van der Waals surface area contributed by atoms with Crippen molar-refractivity contribution < 1.29 is 24.3 Å². The molecule has 0 saturated carbocycles. The Bertz CT molecular complexity index is 1180. The number of carbonyl (C=O) groups is 1. The van der Waals surface area contributed by atoms with Crippen LogP contribution in [-0.2, 0) is 24.2 Å². The van der Waals surface area contributed by atoms with Gasteiger partial charge >= 0.3 is 0 Å². The van der Waals surface area contributed by atoms with E-state index in [2.05, 4.69) is 47.8 Å². The van der Waals surface area contributed by atoms with Gasteiger partial charge in [0, 0.05) is 24.2 Å². The predicted octanol–water partition coefficient (Wildman–Crippen LogP) is 3.18. The van der Waals surface area contributed by atoms with Crippen molar-refractivity contribution in [3.05, 3.63) is 52.6 Å². The van der Waals surface area contributed by atoms with Crippen molar-refractivity contribution in [3.63, 3.8) is 0 Å².